The first-order valence-corrected chi connectivity index (χ1v) is 11.8. The average molecular weight is 447 g/mol. The lowest BCUT2D eigenvalue weighted by molar-refractivity contribution is -0.115. The largest absolute Gasteiger partial charge is 0.462 e. The molecule has 0 fully saturated rings. The molecule has 3 rings (SSSR count). The number of anilines is 1. The number of carbonyl (C=O) groups excluding carboxylic acids is 2. The van der Waals surface area contributed by atoms with Gasteiger partial charge in [0.25, 0.3) is 0 Å². The number of nitrogens with zero attached hydrogens (tertiary/aromatic N) is 1. The van der Waals surface area contributed by atoms with E-state index in [1.165, 1.54) is 23.5 Å². The minimum Gasteiger partial charge on any atom is -0.462 e. The molecule has 0 spiro atoms. The number of thiazole rings is 1. The molecular formula is C21H22N2O5S2. The average Bonchev–Trinajstić information content (AvgIpc) is 3.09. The molecule has 0 atom stereocenters. The molecule has 1 N–H and O–H groups in total. The van der Waals surface area contributed by atoms with E-state index >= 15 is 0 Å². The number of hydrogen-bond donors (Lipinski definition) is 1. The van der Waals surface area contributed by atoms with Gasteiger partial charge in [0.2, 0.25) is 5.91 Å². The van der Waals surface area contributed by atoms with Gasteiger partial charge in [0.15, 0.2) is 15.0 Å². The maximum Gasteiger partial charge on any atom is 0.338 e. The van der Waals surface area contributed by atoms with E-state index in [1.807, 2.05) is 0 Å². The fourth-order valence-corrected chi connectivity index (χ4v) is 4.72. The Bertz CT molecular complexity index is 1180. The van der Waals surface area contributed by atoms with Gasteiger partial charge in [0.1, 0.15) is 0 Å². The Morgan fingerprint density at radius 3 is 2.47 bits per heavy atom. The molecule has 30 heavy (non-hydrogen) atoms. The van der Waals surface area contributed by atoms with Gasteiger partial charge in [-0.3, -0.25) is 4.79 Å². The van der Waals surface area contributed by atoms with E-state index < -0.39 is 21.1 Å². The quantitative estimate of drug-likeness (QED) is 0.553. The number of fused-ring (bicyclic) bond motifs is 1. The molecule has 2 aromatic carbocycles. The number of amides is 1. The van der Waals surface area contributed by atoms with Crippen molar-refractivity contribution in [3.63, 3.8) is 0 Å². The minimum atomic E-state index is -3.34. The Morgan fingerprint density at radius 2 is 1.83 bits per heavy atom. The van der Waals surface area contributed by atoms with E-state index in [-0.39, 0.29) is 17.2 Å². The summed E-state index contributed by atoms with van der Waals surface area (Å²) in [5.41, 5.74) is 1.80. The lowest BCUT2D eigenvalue weighted by Gasteiger charge is -2.08. The zero-order valence-corrected chi connectivity index (χ0v) is 18.5. The zero-order valence-electron chi connectivity index (χ0n) is 16.8. The van der Waals surface area contributed by atoms with Crippen molar-refractivity contribution in [2.45, 2.75) is 37.3 Å². The molecule has 1 aromatic heterocycles. The summed E-state index contributed by atoms with van der Waals surface area (Å²) in [4.78, 5) is 28.8. The van der Waals surface area contributed by atoms with Crippen molar-refractivity contribution in [2.75, 3.05) is 11.9 Å². The van der Waals surface area contributed by atoms with Crippen molar-refractivity contribution in [3.8, 4) is 0 Å². The first kappa shape index (κ1) is 21.9. The Labute approximate surface area is 179 Å². The fraction of sp³-hybridized carbons (Fsp3) is 0.286. The molecule has 0 aliphatic heterocycles. The van der Waals surface area contributed by atoms with Crippen LogP contribution in [-0.4, -0.2) is 37.1 Å². The molecular weight excluding hydrogens is 424 g/mol. The number of ether oxygens (including phenoxy) is 1. The van der Waals surface area contributed by atoms with E-state index in [4.69, 9.17) is 4.74 Å². The monoisotopic (exact) mass is 446 g/mol. The molecule has 7 nitrogen and oxygen atoms in total. The van der Waals surface area contributed by atoms with Crippen LogP contribution in [0.2, 0.25) is 0 Å². The summed E-state index contributed by atoms with van der Waals surface area (Å²) in [6.07, 6.45) is 0.0893. The maximum atomic E-state index is 12.4. The van der Waals surface area contributed by atoms with Gasteiger partial charge >= 0.3 is 5.97 Å². The number of hydrogen-bond acceptors (Lipinski definition) is 7. The molecule has 0 saturated heterocycles. The van der Waals surface area contributed by atoms with Crippen LogP contribution in [0.1, 0.15) is 36.7 Å². The molecule has 9 heteroatoms. The molecule has 0 aliphatic carbocycles. The second-order valence-electron chi connectivity index (χ2n) is 6.88. The third kappa shape index (κ3) is 4.85. The van der Waals surface area contributed by atoms with E-state index in [1.54, 1.807) is 51.1 Å². The molecule has 3 aromatic rings. The van der Waals surface area contributed by atoms with Gasteiger partial charge in [-0.05, 0) is 56.7 Å². The van der Waals surface area contributed by atoms with Gasteiger partial charge < -0.3 is 10.1 Å². The van der Waals surface area contributed by atoms with Crippen molar-refractivity contribution in [2.24, 2.45) is 0 Å². The van der Waals surface area contributed by atoms with Gasteiger partial charge in [-0.25, -0.2) is 18.2 Å². The first-order chi connectivity index (χ1) is 14.2. The lowest BCUT2D eigenvalue weighted by Crippen LogP contribution is -2.15. The number of carbonyl (C=O) groups is 2. The van der Waals surface area contributed by atoms with Crippen LogP contribution >= 0.6 is 11.3 Å². The van der Waals surface area contributed by atoms with Gasteiger partial charge in [-0.15, -0.1) is 0 Å². The molecule has 0 radical (unpaired) electrons. The number of rotatable bonds is 7. The Hall–Kier alpha value is -2.78. The summed E-state index contributed by atoms with van der Waals surface area (Å²) in [6.45, 7) is 5.30. The number of esters is 1. The highest BCUT2D eigenvalue weighted by atomic mass is 32.2. The van der Waals surface area contributed by atoms with E-state index in [9.17, 15) is 18.0 Å². The van der Waals surface area contributed by atoms with Gasteiger partial charge in [-0.2, -0.15) is 0 Å². The first-order valence-electron chi connectivity index (χ1n) is 9.41. The summed E-state index contributed by atoms with van der Waals surface area (Å²) in [5, 5.41) is 2.67. The van der Waals surface area contributed by atoms with E-state index in [0.717, 1.165) is 4.70 Å². The lowest BCUT2D eigenvalue weighted by atomic mass is 10.1. The summed E-state index contributed by atoms with van der Waals surface area (Å²) in [6, 6.07) is 11.4. The topological polar surface area (TPSA) is 102 Å². The third-order valence-corrected chi connectivity index (χ3v) is 7.49. The Kier molecular flexibility index (Phi) is 6.52. The van der Waals surface area contributed by atoms with E-state index in [2.05, 4.69) is 10.3 Å². The normalized spacial score (nSPS) is 11.6. The zero-order chi connectivity index (χ0) is 21.9. The van der Waals surface area contributed by atoms with Crippen molar-refractivity contribution in [1.29, 1.82) is 0 Å². The minimum absolute atomic E-state index is 0.0893. The van der Waals surface area contributed by atoms with Crippen LogP contribution in [0.3, 0.4) is 0 Å². The molecule has 0 aliphatic rings. The second kappa shape index (κ2) is 8.93. The van der Waals surface area contributed by atoms with Gasteiger partial charge in [-0.1, -0.05) is 23.5 Å². The summed E-state index contributed by atoms with van der Waals surface area (Å²) in [5.74, 6) is -0.666. The van der Waals surface area contributed by atoms with Crippen LogP contribution in [0.5, 0.6) is 0 Å². The van der Waals surface area contributed by atoms with Crippen LogP contribution in [-0.2, 0) is 25.8 Å². The molecule has 0 unspecified atom stereocenters. The van der Waals surface area contributed by atoms with E-state index in [0.29, 0.717) is 28.4 Å². The molecule has 1 heterocycles. The Morgan fingerprint density at radius 1 is 1.13 bits per heavy atom. The van der Waals surface area contributed by atoms with Crippen molar-refractivity contribution in [3.05, 3.63) is 53.6 Å². The summed E-state index contributed by atoms with van der Waals surface area (Å²) < 4.78 is 30.1. The van der Waals surface area contributed by atoms with Crippen LogP contribution in [0, 0.1) is 0 Å². The molecule has 158 valence electrons. The van der Waals surface area contributed by atoms with Gasteiger partial charge in [0.05, 0.1) is 39.0 Å². The highest BCUT2D eigenvalue weighted by Gasteiger charge is 2.19. The Balaban J connectivity index is 1.69. The second-order valence-corrected chi connectivity index (χ2v) is 10.4. The molecule has 0 bridgehead atoms. The predicted molar refractivity (Wildman–Crippen MR) is 117 cm³/mol. The van der Waals surface area contributed by atoms with Crippen molar-refractivity contribution >= 4 is 48.4 Å². The van der Waals surface area contributed by atoms with Crippen LogP contribution in [0.15, 0.2) is 47.4 Å². The van der Waals surface area contributed by atoms with Crippen LogP contribution in [0.25, 0.3) is 10.2 Å². The predicted octanol–water partition coefficient (Wildman–Crippen LogP) is 3.84. The highest BCUT2D eigenvalue weighted by Crippen LogP contribution is 2.27. The highest BCUT2D eigenvalue weighted by molar-refractivity contribution is 7.92. The van der Waals surface area contributed by atoms with Crippen LogP contribution in [0.4, 0.5) is 5.13 Å². The SMILES string of the molecule is CCOC(=O)c1ccc2nc(NC(=O)Cc3ccc(S(=O)(=O)C(C)C)cc3)sc2c1. The van der Waals surface area contributed by atoms with Crippen molar-refractivity contribution in [1.82, 2.24) is 4.98 Å². The standard InChI is InChI=1S/C21H22N2O5S2/c1-4-28-20(25)15-7-10-17-18(12-15)29-21(22-17)23-19(24)11-14-5-8-16(9-6-14)30(26,27)13(2)3/h5-10,12-13H,4,11H2,1-3H3,(H,22,23,24). The number of nitrogens with one attached hydrogen (secondary N) is 1. The molecule has 0 saturated carbocycles. The third-order valence-electron chi connectivity index (χ3n) is 4.38. The van der Waals surface area contributed by atoms with Crippen molar-refractivity contribution < 1.29 is 22.7 Å². The number of benzene rings is 2. The summed E-state index contributed by atoms with van der Waals surface area (Å²) in [7, 11) is -3.34. The number of sulfone groups is 1. The summed E-state index contributed by atoms with van der Waals surface area (Å²) >= 11 is 1.26. The van der Waals surface area contributed by atoms with Gasteiger partial charge in [0, 0.05) is 0 Å². The smallest absolute Gasteiger partial charge is 0.338 e. The molecule has 1 amide bonds. The fourth-order valence-electron chi connectivity index (χ4n) is 2.74. The van der Waals surface area contributed by atoms with Crippen LogP contribution < -0.4 is 5.32 Å². The number of aromatic nitrogens is 1. The maximum absolute atomic E-state index is 12.4.